The summed E-state index contributed by atoms with van der Waals surface area (Å²) >= 11 is 0. The Bertz CT molecular complexity index is 757. The minimum absolute atomic E-state index is 0.0583. The minimum atomic E-state index is -0.346. The zero-order valence-corrected chi connectivity index (χ0v) is 15.3. The Labute approximate surface area is 157 Å². The van der Waals surface area contributed by atoms with Crippen molar-refractivity contribution in [3.8, 4) is 0 Å². The van der Waals surface area contributed by atoms with Gasteiger partial charge >= 0.3 is 6.03 Å². The molecular weight excluding hydrogens is 348 g/mol. The molecule has 1 saturated heterocycles. The molecule has 2 N–H and O–H groups in total. The standard InChI is InChI=1S/C19H24N4O4/c1-2-14-6-3-4-8-16(14)20-19(25)23(12-15-7-5-10-26-15)13-18(24)21-17-9-11-27-22-17/h3-4,6,8-9,11,15H,2,5,7,10,12-13H2,1H3,(H,20,25)(H,21,22,24). The number of urea groups is 1. The number of aryl methyl sites for hydroxylation is 1. The highest BCUT2D eigenvalue weighted by molar-refractivity contribution is 5.96. The van der Waals surface area contributed by atoms with Crippen LogP contribution < -0.4 is 10.6 Å². The highest BCUT2D eigenvalue weighted by atomic mass is 16.5. The molecule has 1 unspecified atom stereocenters. The summed E-state index contributed by atoms with van der Waals surface area (Å²) in [6.45, 7) is 2.96. The molecule has 1 aromatic heterocycles. The Hall–Kier alpha value is -2.87. The number of amides is 3. The van der Waals surface area contributed by atoms with E-state index in [1.807, 2.05) is 31.2 Å². The topological polar surface area (TPSA) is 96.7 Å². The number of nitrogens with one attached hydrogen (secondary N) is 2. The van der Waals surface area contributed by atoms with E-state index < -0.39 is 0 Å². The number of carbonyl (C=O) groups is 2. The molecule has 0 saturated carbocycles. The number of aromatic nitrogens is 1. The van der Waals surface area contributed by atoms with Crippen LogP contribution in [0.25, 0.3) is 0 Å². The van der Waals surface area contributed by atoms with E-state index in [2.05, 4.69) is 15.8 Å². The first-order valence-electron chi connectivity index (χ1n) is 9.11. The smallest absolute Gasteiger partial charge is 0.322 e. The van der Waals surface area contributed by atoms with Gasteiger partial charge in [0.1, 0.15) is 12.8 Å². The van der Waals surface area contributed by atoms with E-state index in [1.165, 1.54) is 11.2 Å². The minimum Gasteiger partial charge on any atom is -0.376 e. The van der Waals surface area contributed by atoms with Crippen molar-refractivity contribution in [1.82, 2.24) is 10.1 Å². The van der Waals surface area contributed by atoms with Crippen molar-refractivity contribution in [1.29, 1.82) is 0 Å². The summed E-state index contributed by atoms with van der Waals surface area (Å²) in [4.78, 5) is 26.6. The quantitative estimate of drug-likeness (QED) is 0.779. The largest absolute Gasteiger partial charge is 0.376 e. The monoisotopic (exact) mass is 372 g/mol. The molecule has 2 aromatic rings. The highest BCUT2D eigenvalue weighted by Crippen LogP contribution is 2.18. The van der Waals surface area contributed by atoms with Gasteiger partial charge in [-0.1, -0.05) is 30.3 Å². The van der Waals surface area contributed by atoms with E-state index in [1.54, 1.807) is 6.07 Å². The zero-order chi connectivity index (χ0) is 19.1. The number of para-hydroxylation sites is 1. The number of benzene rings is 1. The Kier molecular flexibility index (Phi) is 6.43. The average Bonchev–Trinajstić information content (AvgIpc) is 3.35. The molecule has 0 radical (unpaired) electrons. The molecular formula is C19H24N4O4. The maximum atomic E-state index is 12.9. The van der Waals surface area contributed by atoms with Crippen LogP contribution in [0.1, 0.15) is 25.3 Å². The molecule has 1 aliphatic heterocycles. The van der Waals surface area contributed by atoms with E-state index in [-0.39, 0.29) is 24.6 Å². The molecule has 1 atom stereocenters. The fourth-order valence-corrected chi connectivity index (χ4v) is 3.03. The number of carbonyl (C=O) groups excluding carboxylic acids is 2. The maximum absolute atomic E-state index is 12.9. The molecule has 0 aliphatic carbocycles. The van der Waals surface area contributed by atoms with Crippen molar-refractivity contribution < 1.29 is 18.8 Å². The fourth-order valence-electron chi connectivity index (χ4n) is 3.03. The Morgan fingerprint density at radius 2 is 2.11 bits per heavy atom. The van der Waals surface area contributed by atoms with E-state index in [9.17, 15) is 9.59 Å². The van der Waals surface area contributed by atoms with Crippen molar-refractivity contribution >= 4 is 23.4 Å². The van der Waals surface area contributed by atoms with Crippen LogP contribution in [0.4, 0.5) is 16.3 Å². The SMILES string of the molecule is CCc1ccccc1NC(=O)N(CC(=O)Nc1ccon1)CC1CCCO1. The lowest BCUT2D eigenvalue weighted by Gasteiger charge is -2.25. The number of anilines is 2. The van der Waals surface area contributed by atoms with Crippen molar-refractivity contribution in [2.75, 3.05) is 30.3 Å². The van der Waals surface area contributed by atoms with Gasteiger partial charge in [0.25, 0.3) is 0 Å². The Morgan fingerprint density at radius 3 is 2.81 bits per heavy atom. The summed E-state index contributed by atoms with van der Waals surface area (Å²) in [6.07, 6.45) is 3.95. The van der Waals surface area contributed by atoms with Gasteiger partial charge in [-0.25, -0.2) is 4.79 Å². The molecule has 3 rings (SSSR count). The Balaban J connectivity index is 1.67. The lowest BCUT2D eigenvalue weighted by atomic mass is 10.1. The van der Waals surface area contributed by atoms with E-state index in [0.717, 1.165) is 30.5 Å². The molecule has 2 heterocycles. The second-order valence-corrected chi connectivity index (χ2v) is 6.39. The van der Waals surface area contributed by atoms with Gasteiger partial charge in [-0.2, -0.15) is 0 Å². The number of hydrogen-bond donors (Lipinski definition) is 2. The van der Waals surface area contributed by atoms with Gasteiger partial charge in [-0.05, 0) is 30.9 Å². The lowest BCUT2D eigenvalue weighted by molar-refractivity contribution is -0.117. The van der Waals surface area contributed by atoms with Gasteiger partial charge in [0.2, 0.25) is 5.91 Å². The normalized spacial score (nSPS) is 16.1. The van der Waals surface area contributed by atoms with Crippen molar-refractivity contribution in [2.45, 2.75) is 32.3 Å². The van der Waals surface area contributed by atoms with E-state index in [0.29, 0.717) is 19.0 Å². The third-order valence-corrected chi connectivity index (χ3v) is 4.41. The summed E-state index contributed by atoms with van der Waals surface area (Å²) in [7, 11) is 0. The highest BCUT2D eigenvalue weighted by Gasteiger charge is 2.25. The predicted molar refractivity (Wildman–Crippen MR) is 101 cm³/mol. The van der Waals surface area contributed by atoms with Crippen LogP contribution in [0, 0.1) is 0 Å². The first-order valence-corrected chi connectivity index (χ1v) is 9.11. The van der Waals surface area contributed by atoms with Gasteiger partial charge in [0.15, 0.2) is 5.82 Å². The number of nitrogens with zero attached hydrogens (tertiary/aromatic N) is 2. The molecule has 0 bridgehead atoms. The second kappa shape index (κ2) is 9.18. The molecule has 1 aliphatic rings. The van der Waals surface area contributed by atoms with Gasteiger partial charge in [0.05, 0.1) is 6.10 Å². The molecule has 1 fully saturated rings. The van der Waals surface area contributed by atoms with E-state index >= 15 is 0 Å². The molecule has 8 nitrogen and oxygen atoms in total. The summed E-state index contributed by atoms with van der Waals surface area (Å²) in [5.74, 6) is -0.0328. The number of ether oxygens (including phenoxy) is 1. The average molecular weight is 372 g/mol. The first-order chi connectivity index (χ1) is 13.2. The molecule has 8 heteroatoms. The van der Waals surface area contributed by atoms with Crippen LogP contribution in [-0.2, 0) is 16.0 Å². The molecule has 144 valence electrons. The van der Waals surface area contributed by atoms with Crippen molar-refractivity contribution in [2.24, 2.45) is 0 Å². The van der Waals surface area contributed by atoms with E-state index in [4.69, 9.17) is 9.26 Å². The molecule has 0 spiro atoms. The molecule has 27 heavy (non-hydrogen) atoms. The fraction of sp³-hybridized carbons (Fsp3) is 0.421. The van der Waals surface area contributed by atoms with Gasteiger partial charge in [0, 0.05) is 24.9 Å². The van der Waals surface area contributed by atoms with Crippen LogP contribution >= 0.6 is 0 Å². The zero-order valence-electron chi connectivity index (χ0n) is 15.3. The predicted octanol–water partition coefficient (Wildman–Crippen LogP) is 2.89. The summed E-state index contributed by atoms with van der Waals surface area (Å²) in [5.41, 5.74) is 1.79. The third kappa shape index (κ3) is 5.30. The summed E-state index contributed by atoms with van der Waals surface area (Å²) in [5, 5.41) is 9.18. The molecule has 1 aromatic carbocycles. The first kappa shape index (κ1) is 18.9. The summed E-state index contributed by atoms with van der Waals surface area (Å²) < 4.78 is 10.3. The maximum Gasteiger partial charge on any atom is 0.322 e. The third-order valence-electron chi connectivity index (χ3n) is 4.41. The van der Waals surface area contributed by atoms with Gasteiger partial charge in [-0.3, -0.25) is 4.79 Å². The number of hydrogen-bond acceptors (Lipinski definition) is 5. The summed E-state index contributed by atoms with van der Waals surface area (Å²) in [6, 6.07) is 8.84. The van der Waals surface area contributed by atoms with Crippen LogP contribution in [-0.4, -0.2) is 47.8 Å². The Morgan fingerprint density at radius 1 is 1.26 bits per heavy atom. The van der Waals surface area contributed by atoms with Crippen LogP contribution in [0.3, 0.4) is 0 Å². The van der Waals surface area contributed by atoms with Crippen LogP contribution in [0.2, 0.25) is 0 Å². The number of rotatable bonds is 7. The lowest BCUT2D eigenvalue weighted by Crippen LogP contribution is -2.44. The second-order valence-electron chi connectivity index (χ2n) is 6.39. The van der Waals surface area contributed by atoms with Crippen molar-refractivity contribution in [3.05, 3.63) is 42.2 Å². The van der Waals surface area contributed by atoms with Gasteiger partial charge in [-0.15, -0.1) is 0 Å². The van der Waals surface area contributed by atoms with Crippen LogP contribution in [0.15, 0.2) is 41.1 Å². The molecule has 3 amide bonds. The van der Waals surface area contributed by atoms with Crippen molar-refractivity contribution in [3.63, 3.8) is 0 Å². The van der Waals surface area contributed by atoms with Gasteiger partial charge < -0.3 is 24.8 Å². The van der Waals surface area contributed by atoms with Crippen LogP contribution in [0.5, 0.6) is 0 Å².